The molecule has 0 radical (unpaired) electrons. The number of likely N-dealkylation sites (tertiary alicyclic amines) is 1. The summed E-state index contributed by atoms with van der Waals surface area (Å²) in [4.78, 5) is 40.5. The Hall–Kier alpha value is -3.18. The number of rotatable bonds is 8. The Kier molecular flexibility index (Phi) is 8.75. The number of aliphatic hydroxyl groups is 2. The van der Waals surface area contributed by atoms with Gasteiger partial charge in [0.05, 0.1) is 43.3 Å². The first kappa shape index (κ1) is 29.8. The highest BCUT2D eigenvalue weighted by molar-refractivity contribution is 5.96. The monoisotopic (exact) mass is 564 g/mol. The highest BCUT2D eigenvalue weighted by Gasteiger charge is 2.56. The number of amides is 1. The van der Waals surface area contributed by atoms with Crippen molar-refractivity contribution in [3.63, 3.8) is 0 Å². The van der Waals surface area contributed by atoms with Crippen LogP contribution in [0.25, 0.3) is 11.1 Å². The van der Waals surface area contributed by atoms with Crippen molar-refractivity contribution >= 4 is 11.9 Å². The van der Waals surface area contributed by atoms with Gasteiger partial charge in [0.2, 0.25) is 5.91 Å². The number of aromatic nitrogens is 1. The second kappa shape index (κ2) is 11.7. The zero-order valence-electron chi connectivity index (χ0n) is 22.5. The average molecular weight is 565 g/mol. The number of carbonyl (C=O) groups is 2. The first-order valence-electron chi connectivity index (χ1n) is 13.6. The number of hydrogen-bond donors (Lipinski definition) is 2. The van der Waals surface area contributed by atoms with Gasteiger partial charge in [-0.1, -0.05) is 43.2 Å². The fourth-order valence-electron chi connectivity index (χ4n) is 6.26. The van der Waals surface area contributed by atoms with Gasteiger partial charge in [0.15, 0.2) is 0 Å². The van der Waals surface area contributed by atoms with Crippen LogP contribution < -0.4 is 5.56 Å². The van der Waals surface area contributed by atoms with Gasteiger partial charge < -0.3 is 24.4 Å². The van der Waals surface area contributed by atoms with Crippen molar-refractivity contribution < 1.29 is 37.7 Å². The number of alkyl halides is 3. The van der Waals surface area contributed by atoms with Crippen LogP contribution in [0.1, 0.15) is 55.8 Å². The van der Waals surface area contributed by atoms with Gasteiger partial charge in [-0.2, -0.15) is 13.2 Å². The molecule has 11 heteroatoms. The number of ether oxygens (including phenoxy) is 1. The predicted octanol–water partition coefficient (Wildman–Crippen LogP) is 3.78. The summed E-state index contributed by atoms with van der Waals surface area (Å²) in [7, 11) is 0. The van der Waals surface area contributed by atoms with Gasteiger partial charge in [-0.3, -0.25) is 9.59 Å². The summed E-state index contributed by atoms with van der Waals surface area (Å²) in [6, 6.07) is 10.3. The molecule has 0 bridgehead atoms. The minimum atomic E-state index is -4.60. The van der Waals surface area contributed by atoms with E-state index in [1.165, 1.54) is 21.7 Å². The first-order chi connectivity index (χ1) is 18.9. The van der Waals surface area contributed by atoms with E-state index in [0.29, 0.717) is 24.0 Å². The molecule has 4 rings (SSSR count). The standard InChI is InChI=1S/C29H35F3N2O6/c1-2-40-26(38)23-16-34(24(36)14-22(23)20-8-4-3-5-9-20)19-28(39)12-13-33(18-27(28)10-6-7-11-27)25(37)21(17-35)15-29(30,31)32/h3-5,8-9,14,16,21,35,39H,2,6-7,10-13,15,17-19H2,1H3. The zero-order valence-corrected chi connectivity index (χ0v) is 22.5. The van der Waals surface area contributed by atoms with Crippen molar-refractivity contribution in [3.8, 4) is 11.1 Å². The summed E-state index contributed by atoms with van der Waals surface area (Å²) in [6.45, 7) is 0.735. The highest BCUT2D eigenvalue weighted by Crippen LogP contribution is 2.52. The first-order valence-corrected chi connectivity index (χ1v) is 13.6. The maximum absolute atomic E-state index is 13.3. The van der Waals surface area contributed by atoms with E-state index >= 15 is 0 Å². The largest absolute Gasteiger partial charge is 0.462 e. The van der Waals surface area contributed by atoms with E-state index in [9.17, 15) is 37.8 Å². The lowest BCUT2D eigenvalue weighted by Crippen LogP contribution is -2.62. The maximum atomic E-state index is 13.3. The van der Waals surface area contributed by atoms with Gasteiger partial charge in [0.25, 0.3) is 5.56 Å². The van der Waals surface area contributed by atoms with Crippen molar-refractivity contribution in [2.24, 2.45) is 11.3 Å². The van der Waals surface area contributed by atoms with Crippen molar-refractivity contribution in [2.45, 2.75) is 63.8 Å². The van der Waals surface area contributed by atoms with Crippen LogP contribution in [0.5, 0.6) is 0 Å². The van der Waals surface area contributed by atoms with Crippen LogP contribution in [0.3, 0.4) is 0 Å². The van der Waals surface area contributed by atoms with E-state index in [1.54, 1.807) is 31.2 Å². The Bertz CT molecular complexity index is 1270. The Balaban J connectivity index is 1.66. The molecule has 1 spiro atoms. The lowest BCUT2D eigenvalue weighted by Gasteiger charge is -2.52. The van der Waals surface area contributed by atoms with Crippen LogP contribution in [-0.4, -0.2) is 69.6 Å². The Labute approximate surface area is 230 Å². The number of pyridine rings is 1. The highest BCUT2D eigenvalue weighted by atomic mass is 19.4. The summed E-state index contributed by atoms with van der Waals surface area (Å²) in [5.41, 5.74) is -1.50. The molecule has 1 amide bonds. The number of aliphatic hydroxyl groups excluding tert-OH is 1. The molecule has 2 aromatic rings. The molecular weight excluding hydrogens is 529 g/mol. The van der Waals surface area contributed by atoms with E-state index < -0.39 is 53.6 Å². The van der Waals surface area contributed by atoms with Gasteiger partial charge in [-0.15, -0.1) is 0 Å². The van der Waals surface area contributed by atoms with Crippen molar-refractivity contribution in [1.82, 2.24) is 9.47 Å². The van der Waals surface area contributed by atoms with Crippen LogP contribution in [0.2, 0.25) is 0 Å². The van der Waals surface area contributed by atoms with Crippen molar-refractivity contribution in [3.05, 3.63) is 58.5 Å². The SMILES string of the molecule is CCOC(=O)c1cn(CC2(O)CCN(C(=O)C(CO)CC(F)(F)F)CC23CCCC3)c(=O)cc1-c1ccccc1. The summed E-state index contributed by atoms with van der Waals surface area (Å²) in [5.74, 6) is -3.01. The topological polar surface area (TPSA) is 109 Å². The Morgan fingerprint density at radius 1 is 1.12 bits per heavy atom. The predicted molar refractivity (Wildman–Crippen MR) is 140 cm³/mol. The minimum absolute atomic E-state index is 0.0208. The molecule has 2 N–H and O–H groups in total. The van der Waals surface area contributed by atoms with Crippen molar-refractivity contribution in [2.75, 3.05) is 26.3 Å². The molecule has 1 saturated heterocycles. The molecule has 2 unspecified atom stereocenters. The third kappa shape index (κ3) is 6.10. The molecule has 1 aliphatic heterocycles. The van der Waals surface area contributed by atoms with Gasteiger partial charge in [-0.25, -0.2) is 4.79 Å². The molecule has 1 aromatic carbocycles. The third-order valence-electron chi connectivity index (χ3n) is 8.33. The zero-order chi connectivity index (χ0) is 29.1. The van der Waals surface area contributed by atoms with Crippen LogP contribution in [0, 0.1) is 11.3 Å². The normalized spacial score (nSPS) is 21.4. The van der Waals surface area contributed by atoms with Crippen molar-refractivity contribution in [1.29, 1.82) is 0 Å². The average Bonchev–Trinajstić information content (AvgIpc) is 3.39. The molecule has 1 aromatic heterocycles. The van der Waals surface area contributed by atoms with Crippen LogP contribution in [-0.2, 0) is 16.1 Å². The number of benzene rings is 1. The second-order valence-electron chi connectivity index (χ2n) is 10.9. The van der Waals surface area contributed by atoms with E-state index in [4.69, 9.17) is 4.74 Å². The summed E-state index contributed by atoms with van der Waals surface area (Å²) in [6.07, 6.45) is -2.03. The lowest BCUT2D eigenvalue weighted by molar-refractivity contribution is -0.175. The molecule has 2 heterocycles. The molecule has 1 saturated carbocycles. The van der Waals surface area contributed by atoms with E-state index in [2.05, 4.69) is 0 Å². The summed E-state index contributed by atoms with van der Waals surface area (Å²) in [5, 5.41) is 21.6. The molecule has 218 valence electrons. The number of carbonyl (C=O) groups excluding carboxylic acids is 2. The summed E-state index contributed by atoms with van der Waals surface area (Å²) < 4.78 is 45.5. The summed E-state index contributed by atoms with van der Waals surface area (Å²) >= 11 is 0. The molecule has 1 aliphatic carbocycles. The van der Waals surface area contributed by atoms with Gasteiger partial charge in [0.1, 0.15) is 0 Å². The third-order valence-corrected chi connectivity index (χ3v) is 8.33. The lowest BCUT2D eigenvalue weighted by atomic mass is 9.65. The second-order valence-corrected chi connectivity index (χ2v) is 10.9. The number of hydrogen-bond acceptors (Lipinski definition) is 6. The molecule has 2 fully saturated rings. The van der Waals surface area contributed by atoms with Gasteiger partial charge in [0, 0.05) is 36.3 Å². The van der Waals surface area contributed by atoms with Crippen LogP contribution in [0.4, 0.5) is 13.2 Å². The fraction of sp³-hybridized carbons (Fsp3) is 0.552. The molecular formula is C29H35F3N2O6. The Morgan fingerprint density at radius 3 is 2.40 bits per heavy atom. The number of nitrogens with zero attached hydrogens (tertiary/aromatic N) is 2. The smallest absolute Gasteiger partial charge is 0.389 e. The fourth-order valence-corrected chi connectivity index (χ4v) is 6.26. The van der Waals surface area contributed by atoms with E-state index in [1.807, 2.05) is 6.07 Å². The number of esters is 1. The molecule has 2 atom stereocenters. The maximum Gasteiger partial charge on any atom is 0.389 e. The molecule has 2 aliphatic rings. The Morgan fingerprint density at radius 2 is 1.80 bits per heavy atom. The van der Waals surface area contributed by atoms with E-state index in [-0.39, 0.29) is 38.2 Å². The minimum Gasteiger partial charge on any atom is -0.462 e. The number of piperidine rings is 1. The molecule has 40 heavy (non-hydrogen) atoms. The van der Waals surface area contributed by atoms with Crippen LogP contribution >= 0.6 is 0 Å². The quantitative estimate of drug-likeness (QED) is 0.473. The van der Waals surface area contributed by atoms with Gasteiger partial charge >= 0.3 is 12.1 Å². The van der Waals surface area contributed by atoms with Crippen LogP contribution in [0.15, 0.2) is 47.4 Å². The van der Waals surface area contributed by atoms with E-state index in [0.717, 1.165) is 12.8 Å². The number of halogens is 3. The molecule has 8 nitrogen and oxygen atoms in total. The van der Waals surface area contributed by atoms with Gasteiger partial charge in [-0.05, 0) is 31.7 Å².